The molecule has 5 heteroatoms. The van der Waals surface area contributed by atoms with Crippen molar-refractivity contribution in [3.05, 3.63) is 0 Å². The predicted molar refractivity (Wildman–Crippen MR) is 64.2 cm³/mol. The van der Waals surface area contributed by atoms with Crippen molar-refractivity contribution in [3.63, 3.8) is 0 Å². The molecule has 0 bridgehead atoms. The Morgan fingerprint density at radius 3 is 2.35 bits per heavy atom. The molecule has 1 saturated heterocycles. The molecule has 0 aromatic heterocycles. The molecular formula is C12H22N2O3. The molecule has 0 spiro atoms. The number of rotatable bonds is 4. The van der Waals surface area contributed by atoms with Crippen molar-refractivity contribution in [1.29, 1.82) is 0 Å². The maximum absolute atomic E-state index is 12.0. The Bertz CT molecular complexity index is 337. The number of carbonyl (C=O) groups is 2. The lowest BCUT2D eigenvalue weighted by Crippen LogP contribution is -2.53. The third-order valence-corrected chi connectivity index (χ3v) is 3.52. The van der Waals surface area contributed by atoms with Gasteiger partial charge in [0, 0.05) is 20.1 Å². The first-order chi connectivity index (χ1) is 7.62. The first-order valence-electron chi connectivity index (χ1n) is 5.77. The minimum Gasteiger partial charge on any atom is -0.377 e. The molecule has 1 aliphatic heterocycles. The molecule has 98 valence electrons. The van der Waals surface area contributed by atoms with E-state index in [9.17, 15) is 9.59 Å². The smallest absolute Gasteiger partial charge is 0.235 e. The fourth-order valence-electron chi connectivity index (χ4n) is 1.78. The van der Waals surface area contributed by atoms with Crippen LogP contribution in [0.15, 0.2) is 0 Å². The summed E-state index contributed by atoms with van der Waals surface area (Å²) >= 11 is 0. The third kappa shape index (κ3) is 2.66. The average molecular weight is 242 g/mol. The van der Waals surface area contributed by atoms with Gasteiger partial charge in [0.2, 0.25) is 11.8 Å². The maximum atomic E-state index is 12.0. The van der Waals surface area contributed by atoms with Gasteiger partial charge in [-0.25, -0.2) is 0 Å². The zero-order valence-electron chi connectivity index (χ0n) is 11.2. The topological polar surface area (TPSA) is 72.6 Å². The van der Waals surface area contributed by atoms with Gasteiger partial charge in [-0.15, -0.1) is 0 Å². The van der Waals surface area contributed by atoms with E-state index < -0.39 is 17.1 Å². The molecule has 0 aliphatic carbocycles. The van der Waals surface area contributed by atoms with E-state index in [2.05, 4.69) is 0 Å². The van der Waals surface area contributed by atoms with Crippen molar-refractivity contribution in [2.24, 2.45) is 11.1 Å². The molecule has 0 aromatic carbocycles. The summed E-state index contributed by atoms with van der Waals surface area (Å²) < 4.78 is 5.26. The highest BCUT2D eigenvalue weighted by Gasteiger charge is 2.46. The monoisotopic (exact) mass is 242 g/mol. The largest absolute Gasteiger partial charge is 0.377 e. The molecule has 0 radical (unpaired) electrons. The van der Waals surface area contributed by atoms with E-state index in [1.807, 2.05) is 13.8 Å². The summed E-state index contributed by atoms with van der Waals surface area (Å²) in [5, 5.41) is 0. The fraction of sp³-hybridized carbons (Fsp3) is 0.833. The van der Waals surface area contributed by atoms with Gasteiger partial charge in [0.05, 0.1) is 17.1 Å². The van der Waals surface area contributed by atoms with Crippen molar-refractivity contribution in [2.75, 3.05) is 13.7 Å². The van der Waals surface area contributed by atoms with Crippen LogP contribution in [0.2, 0.25) is 0 Å². The molecule has 0 aromatic rings. The quantitative estimate of drug-likeness (QED) is 0.730. The lowest BCUT2D eigenvalue weighted by molar-refractivity contribution is -0.142. The van der Waals surface area contributed by atoms with Crippen molar-refractivity contribution >= 4 is 11.8 Å². The molecule has 1 atom stereocenters. The summed E-state index contributed by atoms with van der Waals surface area (Å²) in [5.41, 5.74) is 4.82. The number of likely N-dealkylation sites (tertiary alicyclic amines) is 1. The van der Waals surface area contributed by atoms with E-state index in [1.165, 1.54) is 4.90 Å². The Kier molecular flexibility index (Phi) is 3.64. The summed E-state index contributed by atoms with van der Waals surface area (Å²) in [6.45, 7) is 7.45. The first-order valence-corrected chi connectivity index (χ1v) is 5.77. The molecule has 17 heavy (non-hydrogen) atoms. The number of nitrogens with zero attached hydrogens (tertiary/aromatic N) is 1. The number of amides is 2. The second-order valence-electron chi connectivity index (χ2n) is 5.78. The van der Waals surface area contributed by atoms with Crippen molar-refractivity contribution < 1.29 is 14.3 Å². The number of carbonyl (C=O) groups excluding carboxylic acids is 2. The van der Waals surface area contributed by atoms with Gasteiger partial charge in [0.15, 0.2) is 0 Å². The summed E-state index contributed by atoms with van der Waals surface area (Å²) in [5.74, 6) is -0.299. The van der Waals surface area contributed by atoms with Crippen molar-refractivity contribution in [3.8, 4) is 0 Å². The molecule has 2 amide bonds. The van der Waals surface area contributed by atoms with E-state index >= 15 is 0 Å². The Hall–Kier alpha value is -0.940. The molecule has 1 aliphatic rings. The van der Waals surface area contributed by atoms with Crippen LogP contribution in [0.3, 0.4) is 0 Å². The highest BCUT2D eigenvalue weighted by atomic mass is 16.5. The summed E-state index contributed by atoms with van der Waals surface area (Å²) in [6.07, 6.45) is 0.256. The normalized spacial score (nSPS) is 22.1. The molecule has 1 rings (SSSR count). The van der Waals surface area contributed by atoms with Crippen LogP contribution in [0.1, 0.15) is 34.1 Å². The van der Waals surface area contributed by atoms with Gasteiger partial charge in [0.1, 0.15) is 0 Å². The average Bonchev–Trinajstić information content (AvgIpc) is 2.40. The summed E-state index contributed by atoms with van der Waals surface area (Å²) in [4.78, 5) is 25.0. The second-order valence-corrected chi connectivity index (χ2v) is 5.78. The van der Waals surface area contributed by atoms with E-state index in [1.54, 1.807) is 21.0 Å². The van der Waals surface area contributed by atoms with Gasteiger partial charge in [0.25, 0.3) is 0 Å². The van der Waals surface area contributed by atoms with Crippen LogP contribution in [0.4, 0.5) is 0 Å². The predicted octanol–water partition coefficient (Wildman–Crippen LogP) is 0.524. The van der Waals surface area contributed by atoms with Crippen LogP contribution in [0.25, 0.3) is 0 Å². The highest BCUT2D eigenvalue weighted by Crippen LogP contribution is 2.32. The lowest BCUT2D eigenvalue weighted by atomic mass is 9.92. The van der Waals surface area contributed by atoms with Crippen LogP contribution in [-0.2, 0) is 14.3 Å². The number of imide groups is 1. The maximum Gasteiger partial charge on any atom is 0.235 e. The number of hydrogen-bond donors (Lipinski definition) is 1. The Balaban J connectivity index is 2.77. The number of methoxy groups -OCH3 is 1. The number of nitrogens with two attached hydrogens (primary N) is 1. The van der Waals surface area contributed by atoms with Gasteiger partial charge in [-0.05, 0) is 13.8 Å². The molecular weight excluding hydrogens is 220 g/mol. The number of ether oxygens (including phenoxy) is 1. The molecule has 1 heterocycles. The van der Waals surface area contributed by atoms with Gasteiger partial charge < -0.3 is 10.5 Å². The van der Waals surface area contributed by atoms with Crippen LogP contribution < -0.4 is 5.73 Å². The van der Waals surface area contributed by atoms with Gasteiger partial charge >= 0.3 is 0 Å². The minimum atomic E-state index is -0.603. The zero-order valence-corrected chi connectivity index (χ0v) is 11.2. The van der Waals surface area contributed by atoms with Gasteiger partial charge in [-0.2, -0.15) is 0 Å². The van der Waals surface area contributed by atoms with Crippen LogP contribution in [-0.4, -0.2) is 42.0 Å². The van der Waals surface area contributed by atoms with E-state index in [-0.39, 0.29) is 24.8 Å². The summed E-state index contributed by atoms with van der Waals surface area (Å²) in [6, 6.07) is -0.394. The number of hydrogen-bond acceptors (Lipinski definition) is 4. The van der Waals surface area contributed by atoms with Gasteiger partial charge in [-0.1, -0.05) is 13.8 Å². The van der Waals surface area contributed by atoms with Crippen LogP contribution in [0, 0.1) is 5.41 Å². The molecule has 0 saturated carbocycles. The molecule has 1 unspecified atom stereocenters. The van der Waals surface area contributed by atoms with E-state index in [0.717, 1.165) is 0 Å². The first kappa shape index (κ1) is 14.1. The van der Waals surface area contributed by atoms with Gasteiger partial charge in [-0.3, -0.25) is 14.5 Å². The van der Waals surface area contributed by atoms with E-state index in [4.69, 9.17) is 10.5 Å². The van der Waals surface area contributed by atoms with Crippen molar-refractivity contribution in [2.45, 2.75) is 45.8 Å². The summed E-state index contributed by atoms with van der Waals surface area (Å²) in [7, 11) is 1.57. The second kappa shape index (κ2) is 4.38. The Labute approximate surface area is 102 Å². The molecule has 2 N–H and O–H groups in total. The van der Waals surface area contributed by atoms with Crippen molar-refractivity contribution in [1.82, 2.24) is 4.90 Å². The zero-order chi connectivity index (χ0) is 13.4. The third-order valence-electron chi connectivity index (χ3n) is 3.52. The minimum absolute atomic E-state index is 0.148. The molecule has 1 fully saturated rings. The lowest BCUT2D eigenvalue weighted by Gasteiger charge is -2.32. The molecule has 5 nitrogen and oxygen atoms in total. The van der Waals surface area contributed by atoms with Crippen LogP contribution in [0.5, 0.6) is 0 Å². The fourth-order valence-corrected chi connectivity index (χ4v) is 1.78. The standard InChI is InChI=1S/C12H22N2O3/c1-11(2)6-9(15)14(10(11)16)7-8(13)12(3,4)17-5/h8H,6-7,13H2,1-5H3. The van der Waals surface area contributed by atoms with E-state index in [0.29, 0.717) is 0 Å². The SMILES string of the molecule is COC(C)(C)C(N)CN1C(=O)CC(C)(C)C1=O. The highest BCUT2D eigenvalue weighted by molar-refractivity contribution is 6.05. The van der Waals surface area contributed by atoms with Crippen LogP contribution >= 0.6 is 0 Å². The Morgan fingerprint density at radius 1 is 1.47 bits per heavy atom. The Morgan fingerprint density at radius 2 is 2.00 bits per heavy atom.